The Kier molecular flexibility index (Phi) is 4.43. The van der Waals surface area contributed by atoms with Crippen molar-refractivity contribution in [2.75, 3.05) is 18.5 Å². The van der Waals surface area contributed by atoms with E-state index in [1.54, 1.807) is 6.92 Å². The third-order valence-corrected chi connectivity index (χ3v) is 4.77. The van der Waals surface area contributed by atoms with Crippen molar-refractivity contribution in [3.63, 3.8) is 0 Å². The van der Waals surface area contributed by atoms with E-state index in [9.17, 15) is 15.2 Å². The van der Waals surface area contributed by atoms with Crippen LogP contribution >= 0.6 is 0 Å². The molecule has 6 heteroatoms. The molecule has 0 spiro atoms. The Hall–Kier alpha value is -1.66. The van der Waals surface area contributed by atoms with Gasteiger partial charge >= 0.3 is 0 Å². The summed E-state index contributed by atoms with van der Waals surface area (Å²) < 4.78 is 0. The van der Waals surface area contributed by atoms with Gasteiger partial charge in [0.1, 0.15) is 0 Å². The molecule has 0 saturated carbocycles. The van der Waals surface area contributed by atoms with Crippen LogP contribution in [0, 0.1) is 17.0 Å². The van der Waals surface area contributed by atoms with Crippen molar-refractivity contribution in [1.29, 1.82) is 0 Å². The van der Waals surface area contributed by atoms with E-state index in [-0.39, 0.29) is 34.6 Å². The third-order valence-electron chi connectivity index (χ3n) is 4.77. The quantitative estimate of drug-likeness (QED) is 0.572. The Balaban J connectivity index is 2.62. The molecule has 128 valence electrons. The fraction of sp³-hybridized carbons (Fsp3) is 0.647. The SMILES string of the molecule is Cc1c(NCC(O)CO)cc2c(c1[N+](=O)[O-])C(C)(C)CC2(C)C. The topological polar surface area (TPSA) is 95.6 Å². The summed E-state index contributed by atoms with van der Waals surface area (Å²) in [5, 5.41) is 33.2. The number of nitro benzene ring substituents is 1. The normalized spacial score (nSPS) is 19.3. The first-order chi connectivity index (χ1) is 10.5. The van der Waals surface area contributed by atoms with Crippen LogP contribution in [0.4, 0.5) is 11.4 Å². The molecular weight excluding hydrogens is 296 g/mol. The van der Waals surface area contributed by atoms with Crippen molar-refractivity contribution in [3.8, 4) is 0 Å². The highest BCUT2D eigenvalue weighted by molar-refractivity contribution is 5.70. The molecule has 1 aliphatic carbocycles. The van der Waals surface area contributed by atoms with Crippen LogP contribution in [0.3, 0.4) is 0 Å². The molecule has 0 heterocycles. The number of benzene rings is 1. The maximum absolute atomic E-state index is 11.7. The lowest BCUT2D eigenvalue weighted by atomic mass is 9.81. The molecule has 2 rings (SSSR count). The molecule has 0 bridgehead atoms. The number of nitrogens with zero attached hydrogens (tertiary/aromatic N) is 1. The summed E-state index contributed by atoms with van der Waals surface area (Å²) in [6, 6.07) is 1.97. The van der Waals surface area contributed by atoms with Crippen molar-refractivity contribution < 1.29 is 15.1 Å². The highest BCUT2D eigenvalue weighted by Crippen LogP contribution is 2.54. The van der Waals surface area contributed by atoms with Crippen LogP contribution < -0.4 is 5.32 Å². The maximum atomic E-state index is 11.7. The first kappa shape index (κ1) is 17.7. The summed E-state index contributed by atoms with van der Waals surface area (Å²) in [4.78, 5) is 11.4. The minimum atomic E-state index is -0.897. The van der Waals surface area contributed by atoms with Crippen molar-refractivity contribution in [2.24, 2.45) is 0 Å². The van der Waals surface area contributed by atoms with Crippen molar-refractivity contribution in [3.05, 3.63) is 32.9 Å². The van der Waals surface area contributed by atoms with Gasteiger partial charge in [0, 0.05) is 17.8 Å². The molecule has 0 saturated heterocycles. The Morgan fingerprint density at radius 3 is 2.48 bits per heavy atom. The zero-order valence-electron chi connectivity index (χ0n) is 14.4. The van der Waals surface area contributed by atoms with Gasteiger partial charge in [-0.05, 0) is 35.8 Å². The van der Waals surface area contributed by atoms with Crippen LogP contribution in [0.2, 0.25) is 0 Å². The number of nitro groups is 1. The Morgan fingerprint density at radius 1 is 1.35 bits per heavy atom. The predicted molar refractivity (Wildman–Crippen MR) is 90.1 cm³/mol. The van der Waals surface area contributed by atoms with Gasteiger partial charge in [-0.3, -0.25) is 10.1 Å². The van der Waals surface area contributed by atoms with Gasteiger partial charge in [-0.1, -0.05) is 27.7 Å². The number of fused-ring (bicyclic) bond motifs is 1. The van der Waals surface area contributed by atoms with E-state index >= 15 is 0 Å². The van der Waals surface area contributed by atoms with Gasteiger partial charge < -0.3 is 15.5 Å². The smallest absolute Gasteiger partial charge is 0.278 e. The summed E-state index contributed by atoms with van der Waals surface area (Å²) in [6.45, 7) is 9.84. The van der Waals surface area contributed by atoms with E-state index in [1.165, 1.54) is 0 Å². The van der Waals surface area contributed by atoms with Crippen molar-refractivity contribution >= 4 is 11.4 Å². The molecule has 23 heavy (non-hydrogen) atoms. The second-order valence-electron chi connectivity index (χ2n) is 7.74. The minimum absolute atomic E-state index is 0.149. The second-order valence-corrected chi connectivity index (χ2v) is 7.74. The highest BCUT2D eigenvalue weighted by Gasteiger charge is 2.47. The number of nitrogens with one attached hydrogen (secondary N) is 1. The number of aliphatic hydroxyl groups is 2. The average Bonchev–Trinajstić information content (AvgIpc) is 2.60. The molecular formula is C17H26N2O4. The van der Waals surface area contributed by atoms with Gasteiger partial charge in [0.15, 0.2) is 0 Å². The van der Waals surface area contributed by atoms with Gasteiger partial charge in [0.2, 0.25) is 0 Å². The summed E-state index contributed by atoms with van der Waals surface area (Å²) >= 11 is 0. The summed E-state index contributed by atoms with van der Waals surface area (Å²) in [7, 11) is 0. The van der Waals surface area contributed by atoms with E-state index in [4.69, 9.17) is 5.11 Å². The number of hydrogen-bond acceptors (Lipinski definition) is 5. The van der Waals surface area contributed by atoms with Crippen LogP contribution in [0.15, 0.2) is 6.07 Å². The number of rotatable bonds is 5. The summed E-state index contributed by atoms with van der Waals surface area (Å²) in [5.74, 6) is 0. The van der Waals surface area contributed by atoms with Crippen LogP contribution in [-0.4, -0.2) is 34.4 Å². The van der Waals surface area contributed by atoms with Gasteiger partial charge in [-0.15, -0.1) is 0 Å². The summed E-state index contributed by atoms with van der Waals surface area (Å²) in [6.07, 6.45) is -0.0515. The van der Waals surface area contributed by atoms with Gasteiger partial charge in [-0.2, -0.15) is 0 Å². The van der Waals surface area contributed by atoms with E-state index in [0.717, 1.165) is 17.5 Å². The fourth-order valence-electron chi connectivity index (χ4n) is 3.98. The molecule has 1 atom stereocenters. The number of anilines is 1. The van der Waals surface area contributed by atoms with Crippen LogP contribution in [-0.2, 0) is 10.8 Å². The number of aliphatic hydroxyl groups excluding tert-OH is 2. The molecule has 0 aliphatic heterocycles. The Bertz CT molecular complexity index is 638. The van der Waals surface area contributed by atoms with E-state index in [0.29, 0.717) is 11.3 Å². The first-order valence-corrected chi connectivity index (χ1v) is 7.87. The van der Waals surface area contributed by atoms with Gasteiger partial charge in [0.05, 0.1) is 23.2 Å². The second kappa shape index (κ2) is 5.76. The molecule has 0 aromatic heterocycles. The predicted octanol–water partition coefficient (Wildman–Crippen LogP) is 2.63. The van der Waals surface area contributed by atoms with Crippen LogP contribution in [0.25, 0.3) is 0 Å². The lowest BCUT2D eigenvalue weighted by molar-refractivity contribution is -0.386. The summed E-state index contributed by atoms with van der Waals surface area (Å²) in [5.41, 5.74) is 2.79. The maximum Gasteiger partial charge on any atom is 0.278 e. The fourth-order valence-corrected chi connectivity index (χ4v) is 3.98. The van der Waals surface area contributed by atoms with E-state index in [1.807, 2.05) is 6.07 Å². The molecule has 1 aromatic carbocycles. The lowest BCUT2D eigenvalue weighted by Gasteiger charge is -2.22. The minimum Gasteiger partial charge on any atom is -0.394 e. The highest BCUT2D eigenvalue weighted by atomic mass is 16.6. The molecule has 3 N–H and O–H groups in total. The average molecular weight is 322 g/mol. The van der Waals surface area contributed by atoms with Gasteiger partial charge in [0.25, 0.3) is 5.69 Å². The zero-order valence-corrected chi connectivity index (χ0v) is 14.4. The molecule has 1 unspecified atom stereocenters. The largest absolute Gasteiger partial charge is 0.394 e. The lowest BCUT2D eigenvalue weighted by Crippen LogP contribution is -2.24. The Labute approximate surface area is 136 Å². The van der Waals surface area contributed by atoms with E-state index in [2.05, 4.69) is 33.0 Å². The van der Waals surface area contributed by atoms with Crippen molar-refractivity contribution in [1.82, 2.24) is 0 Å². The first-order valence-electron chi connectivity index (χ1n) is 7.87. The molecule has 1 aliphatic rings. The molecule has 6 nitrogen and oxygen atoms in total. The molecule has 0 radical (unpaired) electrons. The van der Waals surface area contributed by atoms with Crippen LogP contribution in [0.5, 0.6) is 0 Å². The van der Waals surface area contributed by atoms with Crippen LogP contribution in [0.1, 0.15) is 50.8 Å². The van der Waals surface area contributed by atoms with E-state index < -0.39 is 6.10 Å². The third kappa shape index (κ3) is 3.05. The monoisotopic (exact) mass is 322 g/mol. The molecule has 0 fully saturated rings. The van der Waals surface area contributed by atoms with Crippen molar-refractivity contribution in [2.45, 2.75) is 58.0 Å². The standard InChI is InChI=1S/C17H26N2O4/c1-10-13(18-7-11(21)8-20)6-12-14(15(10)19(22)23)17(4,5)9-16(12,2)3/h6,11,18,20-21H,7-9H2,1-5H3. The zero-order chi connectivity index (χ0) is 17.6. The number of hydrogen-bond donors (Lipinski definition) is 3. The van der Waals surface area contributed by atoms with Gasteiger partial charge in [-0.25, -0.2) is 0 Å². The molecule has 0 amide bonds. The Morgan fingerprint density at radius 2 is 1.96 bits per heavy atom. The molecule has 1 aromatic rings.